The number of aliphatic hydroxyl groups is 1. The van der Waals surface area contributed by atoms with E-state index in [1.165, 1.54) is 11.8 Å². The van der Waals surface area contributed by atoms with Gasteiger partial charge in [0, 0.05) is 18.8 Å². The molecule has 0 bridgehead atoms. The van der Waals surface area contributed by atoms with Crippen molar-refractivity contribution in [3.63, 3.8) is 0 Å². The van der Waals surface area contributed by atoms with Crippen LogP contribution < -0.4 is 10.6 Å². The lowest BCUT2D eigenvalue weighted by atomic mass is 10.1. The van der Waals surface area contributed by atoms with Crippen LogP contribution in [0.5, 0.6) is 0 Å². The standard InChI is InChI=1S/C11H22N2O3S/c1-8(2)5-12-9(14)10(15)13-6-11(3,16)7-17-4/h8,16H,5-7H2,1-4H3,(H,12,14)(H,13,15). The van der Waals surface area contributed by atoms with Crippen molar-refractivity contribution in [1.82, 2.24) is 10.6 Å². The van der Waals surface area contributed by atoms with E-state index in [1.54, 1.807) is 6.92 Å². The van der Waals surface area contributed by atoms with Crippen LogP contribution in [-0.2, 0) is 9.59 Å². The van der Waals surface area contributed by atoms with Gasteiger partial charge in [-0.05, 0) is 19.1 Å². The number of thioether (sulfide) groups is 1. The third-order valence-electron chi connectivity index (χ3n) is 1.96. The highest BCUT2D eigenvalue weighted by Gasteiger charge is 2.22. The lowest BCUT2D eigenvalue weighted by molar-refractivity contribution is -0.139. The second-order valence-corrected chi connectivity index (χ2v) is 5.58. The Morgan fingerprint density at radius 3 is 2.29 bits per heavy atom. The molecule has 0 rings (SSSR count). The van der Waals surface area contributed by atoms with Gasteiger partial charge in [0.15, 0.2) is 0 Å². The molecule has 0 aliphatic carbocycles. The summed E-state index contributed by atoms with van der Waals surface area (Å²) in [5.41, 5.74) is -0.993. The first-order chi connectivity index (χ1) is 7.78. The zero-order chi connectivity index (χ0) is 13.5. The summed E-state index contributed by atoms with van der Waals surface area (Å²) < 4.78 is 0. The molecular weight excluding hydrogens is 240 g/mol. The van der Waals surface area contributed by atoms with Crippen LogP contribution in [0.15, 0.2) is 0 Å². The topological polar surface area (TPSA) is 78.4 Å². The average molecular weight is 262 g/mol. The quantitative estimate of drug-likeness (QED) is 0.588. The smallest absolute Gasteiger partial charge is 0.309 e. The van der Waals surface area contributed by atoms with Crippen LogP contribution in [0, 0.1) is 5.92 Å². The lowest BCUT2D eigenvalue weighted by Gasteiger charge is -2.22. The van der Waals surface area contributed by atoms with Crippen LogP contribution in [0.3, 0.4) is 0 Å². The first-order valence-electron chi connectivity index (χ1n) is 5.56. The molecule has 0 aromatic heterocycles. The summed E-state index contributed by atoms with van der Waals surface area (Å²) in [7, 11) is 0. The Hall–Kier alpha value is -0.750. The normalized spacial score (nSPS) is 14.2. The predicted molar refractivity (Wildman–Crippen MR) is 69.9 cm³/mol. The van der Waals surface area contributed by atoms with Crippen LogP contribution in [0.2, 0.25) is 0 Å². The van der Waals surface area contributed by atoms with Crippen molar-refractivity contribution < 1.29 is 14.7 Å². The second kappa shape index (κ2) is 7.55. The highest BCUT2D eigenvalue weighted by atomic mass is 32.2. The Balaban J connectivity index is 3.97. The van der Waals surface area contributed by atoms with Crippen molar-refractivity contribution in [1.29, 1.82) is 0 Å². The van der Waals surface area contributed by atoms with E-state index in [4.69, 9.17) is 0 Å². The Morgan fingerprint density at radius 2 is 1.82 bits per heavy atom. The van der Waals surface area contributed by atoms with Gasteiger partial charge in [-0.3, -0.25) is 9.59 Å². The summed E-state index contributed by atoms with van der Waals surface area (Å²) in [6.07, 6.45) is 1.87. The Morgan fingerprint density at radius 1 is 1.29 bits per heavy atom. The second-order valence-electron chi connectivity index (χ2n) is 4.72. The summed E-state index contributed by atoms with van der Waals surface area (Å²) in [6.45, 7) is 6.05. The van der Waals surface area contributed by atoms with Gasteiger partial charge in [-0.25, -0.2) is 0 Å². The molecule has 3 N–H and O–H groups in total. The molecule has 0 spiro atoms. The number of nitrogens with one attached hydrogen (secondary N) is 2. The van der Waals surface area contributed by atoms with Crippen molar-refractivity contribution >= 4 is 23.6 Å². The van der Waals surface area contributed by atoms with Gasteiger partial charge >= 0.3 is 11.8 Å². The molecule has 2 amide bonds. The van der Waals surface area contributed by atoms with Gasteiger partial charge in [0.2, 0.25) is 0 Å². The largest absolute Gasteiger partial charge is 0.387 e. The van der Waals surface area contributed by atoms with E-state index >= 15 is 0 Å². The van der Waals surface area contributed by atoms with E-state index in [-0.39, 0.29) is 6.54 Å². The summed E-state index contributed by atoms with van der Waals surface area (Å²) in [5.74, 6) is -0.557. The van der Waals surface area contributed by atoms with Gasteiger partial charge in [0.25, 0.3) is 0 Å². The molecule has 0 saturated carbocycles. The predicted octanol–water partition coefficient (Wildman–Crippen LogP) is -0.0112. The molecule has 0 aliphatic heterocycles. The maximum Gasteiger partial charge on any atom is 0.309 e. The first-order valence-corrected chi connectivity index (χ1v) is 6.95. The lowest BCUT2D eigenvalue weighted by Crippen LogP contribution is -2.47. The van der Waals surface area contributed by atoms with Gasteiger partial charge in [-0.1, -0.05) is 13.8 Å². The number of hydrogen-bond acceptors (Lipinski definition) is 4. The Bertz CT molecular complexity index is 267. The van der Waals surface area contributed by atoms with Crippen molar-refractivity contribution in [3.8, 4) is 0 Å². The van der Waals surface area contributed by atoms with Crippen LogP contribution in [0.1, 0.15) is 20.8 Å². The highest BCUT2D eigenvalue weighted by molar-refractivity contribution is 7.98. The highest BCUT2D eigenvalue weighted by Crippen LogP contribution is 2.08. The van der Waals surface area contributed by atoms with Gasteiger partial charge in [-0.2, -0.15) is 11.8 Å². The fraction of sp³-hybridized carbons (Fsp3) is 0.818. The monoisotopic (exact) mass is 262 g/mol. The van der Waals surface area contributed by atoms with E-state index in [0.29, 0.717) is 18.2 Å². The van der Waals surface area contributed by atoms with E-state index in [0.717, 1.165) is 0 Å². The molecular formula is C11H22N2O3S. The molecule has 0 saturated heterocycles. The van der Waals surface area contributed by atoms with Crippen LogP contribution in [-0.4, -0.2) is 47.6 Å². The molecule has 0 heterocycles. The third kappa shape index (κ3) is 8.04. The molecule has 17 heavy (non-hydrogen) atoms. The SMILES string of the molecule is CSCC(C)(O)CNC(=O)C(=O)NCC(C)C. The van der Waals surface area contributed by atoms with Crippen LogP contribution in [0.25, 0.3) is 0 Å². The fourth-order valence-electron chi connectivity index (χ4n) is 1.09. The van der Waals surface area contributed by atoms with Gasteiger partial charge < -0.3 is 15.7 Å². The Labute approximate surface area is 107 Å². The molecule has 0 aromatic rings. The molecule has 5 nitrogen and oxygen atoms in total. The summed E-state index contributed by atoms with van der Waals surface area (Å²) in [5, 5.41) is 14.7. The molecule has 0 fully saturated rings. The van der Waals surface area contributed by atoms with Crippen LogP contribution >= 0.6 is 11.8 Å². The molecule has 0 aliphatic rings. The number of amides is 2. The molecule has 100 valence electrons. The van der Waals surface area contributed by atoms with E-state index in [1.807, 2.05) is 20.1 Å². The summed E-state index contributed by atoms with van der Waals surface area (Å²) in [4.78, 5) is 22.7. The molecule has 1 unspecified atom stereocenters. The number of hydrogen-bond donors (Lipinski definition) is 3. The van der Waals surface area contributed by atoms with E-state index in [2.05, 4.69) is 10.6 Å². The summed E-state index contributed by atoms with van der Waals surface area (Å²) >= 11 is 1.48. The number of carbonyl (C=O) groups is 2. The van der Waals surface area contributed by atoms with Crippen molar-refractivity contribution in [3.05, 3.63) is 0 Å². The minimum absolute atomic E-state index is 0.0712. The van der Waals surface area contributed by atoms with Gasteiger partial charge in [0.1, 0.15) is 0 Å². The molecule has 6 heteroatoms. The molecule has 1 atom stereocenters. The molecule has 0 aromatic carbocycles. The fourth-order valence-corrected chi connectivity index (χ4v) is 1.81. The zero-order valence-electron chi connectivity index (χ0n) is 10.9. The van der Waals surface area contributed by atoms with E-state index < -0.39 is 17.4 Å². The summed E-state index contributed by atoms with van der Waals surface area (Å²) in [6, 6.07) is 0. The van der Waals surface area contributed by atoms with Gasteiger partial charge in [0.05, 0.1) is 5.60 Å². The number of carbonyl (C=O) groups excluding carboxylic acids is 2. The minimum atomic E-state index is -0.993. The first kappa shape index (κ1) is 16.2. The van der Waals surface area contributed by atoms with Crippen molar-refractivity contribution in [2.45, 2.75) is 26.4 Å². The zero-order valence-corrected chi connectivity index (χ0v) is 11.7. The van der Waals surface area contributed by atoms with Crippen LogP contribution in [0.4, 0.5) is 0 Å². The van der Waals surface area contributed by atoms with Crippen molar-refractivity contribution in [2.24, 2.45) is 5.92 Å². The average Bonchev–Trinajstić information content (AvgIpc) is 2.22. The maximum absolute atomic E-state index is 11.4. The maximum atomic E-state index is 11.4. The Kier molecular flexibility index (Phi) is 7.22. The number of rotatable bonds is 6. The van der Waals surface area contributed by atoms with Gasteiger partial charge in [-0.15, -0.1) is 0 Å². The minimum Gasteiger partial charge on any atom is -0.387 e. The third-order valence-corrected chi connectivity index (χ3v) is 2.87. The van der Waals surface area contributed by atoms with Crippen molar-refractivity contribution in [2.75, 3.05) is 25.1 Å². The van der Waals surface area contributed by atoms with E-state index in [9.17, 15) is 14.7 Å². The molecule has 0 radical (unpaired) electrons.